The van der Waals surface area contributed by atoms with Crippen LogP contribution in [0.3, 0.4) is 0 Å². The predicted octanol–water partition coefficient (Wildman–Crippen LogP) is 4.90. The number of para-hydroxylation sites is 2. The maximum absolute atomic E-state index is 13.1. The fourth-order valence-electron chi connectivity index (χ4n) is 3.40. The van der Waals surface area contributed by atoms with E-state index in [9.17, 15) is 9.59 Å². The van der Waals surface area contributed by atoms with E-state index >= 15 is 0 Å². The average molecular weight is 492 g/mol. The van der Waals surface area contributed by atoms with Crippen LogP contribution >= 0.6 is 12.2 Å². The van der Waals surface area contributed by atoms with Crippen LogP contribution in [-0.4, -0.2) is 43.3 Å². The molecule has 0 fully saturated rings. The molecule has 0 aromatic heterocycles. The third-order valence-electron chi connectivity index (χ3n) is 5.04. The molecule has 35 heavy (non-hydrogen) atoms. The summed E-state index contributed by atoms with van der Waals surface area (Å²) in [4.78, 5) is 27.6. The number of rotatable bonds is 10. The van der Waals surface area contributed by atoms with Gasteiger partial charge in [0.05, 0.1) is 12.2 Å². The van der Waals surface area contributed by atoms with E-state index in [1.807, 2.05) is 44.2 Å². The Labute approximate surface area is 211 Å². The average Bonchev–Trinajstić information content (AvgIpc) is 2.88. The lowest BCUT2D eigenvalue weighted by molar-refractivity contribution is 0.0957. The van der Waals surface area contributed by atoms with Gasteiger partial charge in [0, 0.05) is 30.1 Å². The quantitative estimate of drug-likeness (QED) is 0.310. The Morgan fingerprint density at radius 2 is 1.66 bits per heavy atom. The van der Waals surface area contributed by atoms with E-state index in [0.717, 1.165) is 5.69 Å². The van der Waals surface area contributed by atoms with Crippen molar-refractivity contribution in [2.45, 2.75) is 13.8 Å². The molecule has 0 atom stereocenters. The number of ether oxygens (including phenoxy) is 2. The van der Waals surface area contributed by atoms with Crippen molar-refractivity contribution in [2.24, 2.45) is 0 Å². The zero-order chi connectivity index (χ0) is 25.0. The second-order valence-corrected chi connectivity index (χ2v) is 7.82. The highest BCUT2D eigenvalue weighted by atomic mass is 32.1. The number of nitrogens with zero attached hydrogens (tertiary/aromatic N) is 1. The third-order valence-corrected chi connectivity index (χ3v) is 5.25. The van der Waals surface area contributed by atoms with E-state index in [1.54, 1.807) is 53.4 Å². The highest BCUT2D eigenvalue weighted by Gasteiger charge is 2.17. The molecule has 0 saturated heterocycles. The summed E-state index contributed by atoms with van der Waals surface area (Å²) in [5.41, 5.74) is 2.27. The third kappa shape index (κ3) is 7.37. The van der Waals surface area contributed by atoms with Crippen molar-refractivity contribution in [3.8, 4) is 5.75 Å². The molecule has 0 heterocycles. The molecule has 0 aliphatic carbocycles. The monoisotopic (exact) mass is 491 g/mol. The van der Waals surface area contributed by atoms with Crippen molar-refractivity contribution >= 4 is 40.5 Å². The van der Waals surface area contributed by atoms with Crippen LogP contribution in [0.2, 0.25) is 0 Å². The van der Waals surface area contributed by atoms with Gasteiger partial charge in [-0.15, -0.1) is 0 Å². The molecule has 0 unspecified atom stereocenters. The molecule has 3 rings (SSSR count). The van der Waals surface area contributed by atoms with Crippen LogP contribution in [0.5, 0.6) is 5.75 Å². The Morgan fingerprint density at radius 1 is 0.914 bits per heavy atom. The Hall–Kier alpha value is -3.75. The minimum atomic E-state index is -0.400. The van der Waals surface area contributed by atoms with Crippen LogP contribution in [0.1, 0.15) is 34.6 Å². The van der Waals surface area contributed by atoms with Crippen molar-refractivity contribution in [3.05, 3.63) is 90.0 Å². The second-order valence-electron chi connectivity index (χ2n) is 7.42. The largest absolute Gasteiger partial charge is 0.490 e. The van der Waals surface area contributed by atoms with Crippen LogP contribution in [0.25, 0.3) is 0 Å². The fraction of sp³-hybridized carbons (Fsp3) is 0.222. The summed E-state index contributed by atoms with van der Waals surface area (Å²) in [7, 11) is 0. The molecule has 2 amide bonds. The first-order valence-electron chi connectivity index (χ1n) is 11.4. The molecule has 7 nitrogen and oxygen atoms in total. The molecule has 0 spiro atoms. The molecule has 8 heteroatoms. The maximum Gasteiger partial charge on any atom is 0.261 e. The smallest absolute Gasteiger partial charge is 0.261 e. The number of carbonyl (C=O) groups is 2. The highest BCUT2D eigenvalue weighted by molar-refractivity contribution is 7.80. The molecule has 0 saturated carbocycles. The van der Waals surface area contributed by atoms with Gasteiger partial charge < -0.3 is 19.7 Å². The number of benzene rings is 3. The molecule has 0 bridgehead atoms. The normalized spacial score (nSPS) is 10.3. The summed E-state index contributed by atoms with van der Waals surface area (Å²) in [5, 5.41) is 5.76. The fourth-order valence-corrected chi connectivity index (χ4v) is 3.62. The molecule has 0 aliphatic heterocycles. The van der Waals surface area contributed by atoms with Gasteiger partial charge in [0.25, 0.3) is 11.8 Å². The molecule has 3 aromatic carbocycles. The van der Waals surface area contributed by atoms with Crippen LogP contribution in [0.4, 0.5) is 11.4 Å². The van der Waals surface area contributed by atoms with Gasteiger partial charge in [-0.25, -0.2) is 0 Å². The zero-order valence-corrected chi connectivity index (χ0v) is 20.6. The summed E-state index contributed by atoms with van der Waals surface area (Å²) >= 11 is 5.34. The van der Waals surface area contributed by atoms with Gasteiger partial charge in [0.1, 0.15) is 12.4 Å². The van der Waals surface area contributed by atoms with E-state index in [4.69, 9.17) is 21.7 Å². The lowest BCUT2D eigenvalue weighted by atomic mass is 10.1. The van der Waals surface area contributed by atoms with Gasteiger partial charge in [0.2, 0.25) is 0 Å². The molecule has 3 aromatic rings. The van der Waals surface area contributed by atoms with Crippen molar-refractivity contribution < 1.29 is 19.1 Å². The number of amides is 2. The van der Waals surface area contributed by atoms with Crippen molar-refractivity contribution in [1.29, 1.82) is 0 Å². The predicted molar refractivity (Wildman–Crippen MR) is 142 cm³/mol. The van der Waals surface area contributed by atoms with Crippen molar-refractivity contribution in [1.82, 2.24) is 5.32 Å². The zero-order valence-electron chi connectivity index (χ0n) is 19.8. The number of hydrogen-bond donors (Lipinski definition) is 2. The van der Waals surface area contributed by atoms with Crippen molar-refractivity contribution in [3.63, 3.8) is 0 Å². The summed E-state index contributed by atoms with van der Waals surface area (Å²) < 4.78 is 11.0. The van der Waals surface area contributed by atoms with Crippen LogP contribution in [0.15, 0.2) is 78.9 Å². The van der Waals surface area contributed by atoms with Crippen LogP contribution in [-0.2, 0) is 4.74 Å². The molecule has 0 radical (unpaired) electrons. The Balaban J connectivity index is 1.65. The number of anilines is 2. The van der Waals surface area contributed by atoms with Gasteiger partial charge in [-0.1, -0.05) is 36.4 Å². The molecule has 2 N–H and O–H groups in total. The summed E-state index contributed by atoms with van der Waals surface area (Å²) in [5.74, 6) is -0.0842. The topological polar surface area (TPSA) is 79.9 Å². The first kappa shape index (κ1) is 25.9. The first-order chi connectivity index (χ1) is 17.0. The molecule has 182 valence electrons. The van der Waals surface area contributed by atoms with Gasteiger partial charge >= 0.3 is 0 Å². The van der Waals surface area contributed by atoms with Crippen molar-refractivity contribution in [2.75, 3.05) is 36.6 Å². The van der Waals surface area contributed by atoms with E-state index < -0.39 is 5.91 Å². The van der Waals surface area contributed by atoms with E-state index in [0.29, 0.717) is 48.9 Å². The van der Waals surface area contributed by atoms with Gasteiger partial charge in [0.15, 0.2) is 5.11 Å². The minimum absolute atomic E-state index is 0.110. The number of nitrogens with one attached hydrogen (secondary N) is 2. The summed E-state index contributed by atoms with van der Waals surface area (Å²) in [6, 6.07) is 23.4. The summed E-state index contributed by atoms with van der Waals surface area (Å²) in [6.07, 6.45) is 0. The number of carbonyl (C=O) groups excluding carboxylic acids is 2. The lowest BCUT2D eigenvalue weighted by Gasteiger charge is -2.21. The van der Waals surface area contributed by atoms with E-state index in [1.165, 1.54) is 0 Å². The SMILES string of the molecule is CCOCCOc1ccccc1C(=O)NC(=S)Nc1cccc(C(=O)N(CC)c2ccccc2)c1. The minimum Gasteiger partial charge on any atom is -0.490 e. The Kier molecular flexibility index (Phi) is 9.77. The Morgan fingerprint density at radius 3 is 2.40 bits per heavy atom. The van der Waals surface area contributed by atoms with Gasteiger partial charge in [-0.3, -0.25) is 14.9 Å². The van der Waals surface area contributed by atoms with E-state index in [2.05, 4.69) is 10.6 Å². The van der Waals surface area contributed by atoms with Gasteiger partial charge in [-0.2, -0.15) is 0 Å². The maximum atomic E-state index is 13.1. The van der Waals surface area contributed by atoms with Gasteiger partial charge in [-0.05, 0) is 68.5 Å². The number of thiocarbonyl (C=S) groups is 1. The number of hydrogen-bond acceptors (Lipinski definition) is 5. The molecule has 0 aliphatic rings. The molecular formula is C27H29N3O4S. The van der Waals surface area contributed by atoms with E-state index in [-0.39, 0.29) is 11.0 Å². The lowest BCUT2D eigenvalue weighted by Crippen LogP contribution is -2.34. The first-order valence-corrected chi connectivity index (χ1v) is 11.8. The van der Waals surface area contributed by atoms with Crippen LogP contribution < -0.4 is 20.3 Å². The molecular weight excluding hydrogens is 462 g/mol. The standard InChI is InChI=1S/C27H29N3O4S/c1-3-30(22-13-6-5-7-14-22)26(32)20-11-10-12-21(19-20)28-27(35)29-25(31)23-15-8-9-16-24(23)34-18-17-33-4-2/h5-16,19H,3-4,17-18H2,1-2H3,(H2,28,29,31,35). The van der Waals surface area contributed by atoms with Crippen LogP contribution in [0, 0.1) is 0 Å². The second kappa shape index (κ2) is 13.2. The highest BCUT2D eigenvalue weighted by Crippen LogP contribution is 2.20. The summed E-state index contributed by atoms with van der Waals surface area (Å²) in [6.45, 7) is 5.72. The Bertz CT molecular complexity index is 1150.